The summed E-state index contributed by atoms with van der Waals surface area (Å²) in [5.41, 5.74) is 0. The lowest BCUT2D eigenvalue weighted by Crippen LogP contribution is -2.36. The molecule has 1 saturated heterocycles. The average Bonchev–Trinajstić information content (AvgIpc) is 2.04. The summed E-state index contributed by atoms with van der Waals surface area (Å²) in [6, 6.07) is 0. The zero-order valence-electron chi connectivity index (χ0n) is 8.42. The van der Waals surface area contributed by atoms with Gasteiger partial charge in [0.15, 0.2) is 0 Å². The smallest absolute Gasteiger partial charge is 0.307 e. The molecule has 0 amide bonds. The third-order valence-corrected chi connectivity index (χ3v) is 2.90. The molecule has 3 nitrogen and oxygen atoms in total. The number of carboxylic acid groups (broad SMARTS) is 1. The van der Waals surface area contributed by atoms with Crippen molar-refractivity contribution in [3.63, 3.8) is 0 Å². The summed E-state index contributed by atoms with van der Waals surface area (Å²) in [5.74, 6) is -0.150. The first-order chi connectivity index (χ1) is 6.13. The van der Waals surface area contributed by atoms with Crippen LogP contribution >= 0.6 is 0 Å². The highest BCUT2D eigenvalue weighted by molar-refractivity contribution is 5.70. The second-order valence-corrected chi connectivity index (χ2v) is 4.20. The number of carbonyl (C=O) groups is 1. The van der Waals surface area contributed by atoms with E-state index >= 15 is 0 Å². The zero-order chi connectivity index (χ0) is 9.84. The summed E-state index contributed by atoms with van der Waals surface area (Å²) < 4.78 is 0. The minimum absolute atomic E-state index is 0.151. The van der Waals surface area contributed by atoms with E-state index in [-0.39, 0.29) is 11.8 Å². The van der Waals surface area contributed by atoms with Gasteiger partial charge in [0.05, 0.1) is 5.92 Å². The van der Waals surface area contributed by atoms with Gasteiger partial charge in [0.25, 0.3) is 0 Å². The molecule has 2 N–H and O–H groups in total. The SMILES string of the molecule is CC(C)C(C(=O)O)C1CCNCC1. The predicted octanol–water partition coefficient (Wildman–Crippen LogP) is 1.34. The van der Waals surface area contributed by atoms with Crippen molar-refractivity contribution in [2.45, 2.75) is 26.7 Å². The fourth-order valence-corrected chi connectivity index (χ4v) is 2.23. The van der Waals surface area contributed by atoms with Gasteiger partial charge in [-0.1, -0.05) is 13.8 Å². The van der Waals surface area contributed by atoms with Crippen LogP contribution < -0.4 is 5.32 Å². The van der Waals surface area contributed by atoms with Gasteiger partial charge in [0, 0.05) is 0 Å². The number of hydrogen-bond donors (Lipinski definition) is 2. The Morgan fingerprint density at radius 1 is 1.38 bits per heavy atom. The Labute approximate surface area is 79.5 Å². The van der Waals surface area contributed by atoms with Crippen molar-refractivity contribution in [3.8, 4) is 0 Å². The summed E-state index contributed by atoms with van der Waals surface area (Å²) >= 11 is 0. The maximum atomic E-state index is 11.0. The van der Waals surface area contributed by atoms with Gasteiger partial charge in [-0.2, -0.15) is 0 Å². The molecule has 1 heterocycles. The van der Waals surface area contributed by atoms with Crippen molar-refractivity contribution in [1.82, 2.24) is 5.32 Å². The van der Waals surface area contributed by atoms with Gasteiger partial charge < -0.3 is 10.4 Å². The molecule has 0 aromatic carbocycles. The molecule has 0 radical (unpaired) electrons. The maximum Gasteiger partial charge on any atom is 0.307 e. The normalized spacial score (nSPS) is 21.8. The highest BCUT2D eigenvalue weighted by Crippen LogP contribution is 2.28. The van der Waals surface area contributed by atoms with Crippen LogP contribution in [0.3, 0.4) is 0 Å². The molecule has 0 saturated carbocycles. The van der Waals surface area contributed by atoms with E-state index in [1.54, 1.807) is 0 Å². The molecule has 1 aliphatic heterocycles. The van der Waals surface area contributed by atoms with Crippen LogP contribution in [0.1, 0.15) is 26.7 Å². The summed E-state index contributed by atoms with van der Waals surface area (Å²) in [7, 11) is 0. The number of rotatable bonds is 3. The fourth-order valence-electron chi connectivity index (χ4n) is 2.23. The van der Waals surface area contributed by atoms with Crippen molar-refractivity contribution in [3.05, 3.63) is 0 Å². The van der Waals surface area contributed by atoms with Gasteiger partial charge in [-0.25, -0.2) is 0 Å². The second-order valence-electron chi connectivity index (χ2n) is 4.20. The monoisotopic (exact) mass is 185 g/mol. The fraction of sp³-hybridized carbons (Fsp3) is 0.900. The van der Waals surface area contributed by atoms with E-state index in [1.807, 2.05) is 13.8 Å². The van der Waals surface area contributed by atoms with Gasteiger partial charge >= 0.3 is 5.97 Å². The quantitative estimate of drug-likeness (QED) is 0.697. The molecule has 1 unspecified atom stereocenters. The molecular formula is C10H19NO2. The van der Waals surface area contributed by atoms with Crippen molar-refractivity contribution >= 4 is 5.97 Å². The number of aliphatic carboxylic acids is 1. The first-order valence-corrected chi connectivity index (χ1v) is 5.06. The number of nitrogens with one attached hydrogen (secondary N) is 1. The van der Waals surface area contributed by atoms with Crippen LogP contribution in [-0.2, 0) is 4.79 Å². The summed E-state index contributed by atoms with van der Waals surface area (Å²) in [6.45, 7) is 5.95. The second kappa shape index (κ2) is 4.61. The van der Waals surface area contributed by atoms with E-state index in [0.717, 1.165) is 25.9 Å². The Hall–Kier alpha value is -0.570. The molecule has 0 aromatic rings. The zero-order valence-corrected chi connectivity index (χ0v) is 8.42. The van der Waals surface area contributed by atoms with Crippen LogP contribution in [0.15, 0.2) is 0 Å². The van der Waals surface area contributed by atoms with Crippen LogP contribution in [0.5, 0.6) is 0 Å². The van der Waals surface area contributed by atoms with Gasteiger partial charge in [-0.3, -0.25) is 4.79 Å². The lowest BCUT2D eigenvalue weighted by molar-refractivity contribution is -0.146. The third kappa shape index (κ3) is 2.69. The number of piperidine rings is 1. The van der Waals surface area contributed by atoms with Crippen LogP contribution in [-0.4, -0.2) is 24.2 Å². The molecule has 0 spiro atoms. The van der Waals surface area contributed by atoms with E-state index in [1.165, 1.54) is 0 Å². The molecular weight excluding hydrogens is 166 g/mol. The topological polar surface area (TPSA) is 49.3 Å². The first kappa shape index (κ1) is 10.5. The Morgan fingerprint density at radius 2 is 1.92 bits per heavy atom. The molecule has 1 atom stereocenters. The Morgan fingerprint density at radius 3 is 2.31 bits per heavy atom. The van der Waals surface area contributed by atoms with Crippen molar-refractivity contribution in [2.75, 3.05) is 13.1 Å². The van der Waals surface area contributed by atoms with E-state index in [4.69, 9.17) is 5.11 Å². The lowest BCUT2D eigenvalue weighted by atomic mass is 9.78. The maximum absolute atomic E-state index is 11.0. The summed E-state index contributed by atoms with van der Waals surface area (Å²) in [6.07, 6.45) is 2.02. The van der Waals surface area contributed by atoms with E-state index in [0.29, 0.717) is 5.92 Å². The highest BCUT2D eigenvalue weighted by atomic mass is 16.4. The average molecular weight is 185 g/mol. The molecule has 1 rings (SSSR count). The van der Waals surface area contributed by atoms with Gasteiger partial charge in [0.1, 0.15) is 0 Å². The number of carboxylic acids is 1. The van der Waals surface area contributed by atoms with Gasteiger partial charge in [0.2, 0.25) is 0 Å². The first-order valence-electron chi connectivity index (χ1n) is 5.06. The molecule has 76 valence electrons. The molecule has 0 bridgehead atoms. The lowest BCUT2D eigenvalue weighted by Gasteiger charge is -2.30. The number of hydrogen-bond acceptors (Lipinski definition) is 2. The Bertz CT molecular complexity index is 174. The summed E-state index contributed by atoms with van der Waals surface area (Å²) in [5, 5.41) is 12.3. The van der Waals surface area contributed by atoms with Crippen LogP contribution in [0.4, 0.5) is 0 Å². The Kier molecular flexibility index (Phi) is 3.72. The molecule has 1 aliphatic rings. The molecule has 1 fully saturated rings. The molecule has 0 aromatic heterocycles. The van der Waals surface area contributed by atoms with Crippen molar-refractivity contribution < 1.29 is 9.90 Å². The molecule has 13 heavy (non-hydrogen) atoms. The minimum Gasteiger partial charge on any atom is -0.481 e. The van der Waals surface area contributed by atoms with Gasteiger partial charge in [-0.05, 0) is 37.8 Å². The van der Waals surface area contributed by atoms with E-state index in [9.17, 15) is 4.79 Å². The summed E-state index contributed by atoms with van der Waals surface area (Å²) in [4.78, 5) is 11.0. The largest absolute Gasteiger partial charge is 0.481 e. The predicted molar refractivity (Wildman–Crippen MR) is 51.6 cm³/mol. The third-order valence-electron chi connectivity index (χ3n) is 2.90. The van der Waals surface area contributed by atoms with E-state index in [2.05, 4.69) is 5.32 Å². The highest BCUT2D eigenvalue weighted by Gasteiger charge is 2.31. The Balaban J connectivity index is 2.57. The van der Waals surface area contributed by atoms with Crippen LogP contribution in [0.2, 0.25) is 0 Å². The van der Waals surface area contributed by atoms with Gasteiger partial charge in [-0.15, -0.1) is 0 Å². The van der Waals surface area contributed by atoms with Crippen LogP contribution in [0.25, 0.3) is 0 Å². The minimum atomic E-state index is -0.623. The van der Waals surface area contributed by atoms with Crippen molar-refractivity contribution in [1.29, 1.82) is 0 Å². The standard InChI is InChI=1S/C10H19NO2/c1-7(2)9(10(12)13)8-3-5-11-6-4-8/h7-9,11H,3-6H2,1-2H3,(H,12,13). The van der Waals surface area contributed by atoms with Crippen molar-refractivity contribution in [2.24, 2.45) is 17.8 Å². The molecule has 0 aliphatic carbocycles. The van der Waals surface area contributed by atoms with E-state index < -0.39 is 5.97 Å². The molecule has 3 heteroatoms. The van der Waals surface area contributed by atoms with Crippen LogP contribution in [0, 0.1) is 17.8 Å².